The van der Waals surface area contributed by atoms with E-state index in [-0.39, 0.29) is 75.8 Å². The Morgan fingerprint density at radius 3 is 2.00 bits per heavy atom. The summed E-state index contributed by atoms with van der Waals surface area (Å²) in [5.74, 6) is -1.58. The minimum atomic E-state index is -1.04. The van der Waals surface area contributed by atoms with E-state index in [2.05, 4.69) is 22.9 Å². The molecule has 0 aromatic carbocycles. The zero-order valence-corrected chi connectivity index (χ0v) is 18.7. The monoisotopic (exact) mass is 445 g/mol. The first-order valence-corrected chi connectivity index (χ1v) is 8.05. The molecule has 2 amide bonds. The van der Waals surface area contributed by atoms with Crippen molar-refractivity contribution in [3.63, 3.8) is 0 Å². The van der Waals surface area contributed by atoms with E-state index in [0.29, 0.717) is 6.54 Å². The first-order chi connectivity index (χ1) is 11.3. The number of hydrogen-bond donors (Lipinski definition) is 4. The van der Waals surface area contributed by atoms with Gasteiger partial charge in [-0.25, -0.2) is 0 Å². The maximum Gasteiger partial charge on any atom is 0.302 e. The van der Waals surface area contributed by atoms with Crippen molar-refractivity contribution in [3.8, 4) is 0 Å². The maximum absolute atomic E-state index is 11.6. The minimum absolute atomic E-state index is 0. The largest absolute Gasteiger partial charge is 0.481 e. The number of likely N-dealkylation sites (N-methyl/N-ethyl adjacent to an activating group) is 1. The first kappa shape index (κ1) is 37.3. The van der Waals surface area contributed by atoms with E-state index in [1.54, 1.807) is 14.0 Å². The van der Waals surface area contributed by atoms with Crippen molar-refractivity contribution in [1.82, 2.24) is 16.0 Å². The second-order valence-corrected chi connectivity index (χ2v) is 5.66. The van der Waals surface area contributed by atoms with Crippen LogP contribution in [0.2, 0.25) is 0 Å². The topological polar surface area (TPSA) is 125 Å². The number of unbranched alkanes of at least 4 members (excludes halogenated alkanes) is 1. The van der Waals surface area contributed by atoms with Gasteiger partial charge >= 0.3 is 5.97 Å². The summed E-state index contributed by atoms with van der Waals surface area (Å²) < 4.78 is 0. The summed E-state index contributed by atoms with van der Waals surface area (Å²) >= 11 is 0. The molecule has 0 aliphatic carbocycles. The standard InChI is InChI=1S/C16H28N3O5.3CH3.Ni/c1-11(10-16(23)24)19-15(22)8-7-14(21)18-9-5-4-6-13(17-3)12(2)20;;;;/h11,13,17H,1,4-10H2,2-3H3,(H,18,21)(H,19,22)(H,23,24);3*1H3;/q4*-1;/t11-,13+;;;;/m1..../s1. The fourth-order valence-corrected chi connectivity index (χ4v) is 2.13. The van der Waals surface area contributed by atoms with Crippen molar-refractivity contribution >= 4 is 23.6 Å². The van der Waals surface area contributed by atoms with Gasteiger partial charge in [-0.05, 0) is 33.2 Å². The molecule has 0 rings (SSSR count). The second kappa shape index (κ2) is 21.8. The number of Topliss-reactive ketones (excluding diaryl/α,β-unsaturated/α-hetero) is 1. The SMILES string of the molecule is [CH2-][C@H](CC(=O)O)NC(=O)CCC(=O)NCCCC[C@H](NC)C(C)=O.[CH3-].[CH3-].[CH3-].[Ni]. The van der Waals surface area contributed by atoms with E-state index >= 15 is 0 Å². The Kier molecular flexibility index (Phi) is 29.1. The maximum atomic E-state index is 11.6. The fourth-order valence-electron chi connectivity index (χ4n) is 2.13. The first-order valence-electron chi connectivity index (χ1n) is 8.05. The van der Waals surface area contributed by atoms with E-state index in [9.17, 15) is 19.2 Å². The van der Waals surface area contributed by atoms with Crippen LogP contribution in [0.1, 0.15) is 45.4 Å². The number of aliphatic carboxylic acids is 1. The third-order valence-electron chi connectivity index (χ3n) is 3.45. The number of ketones is 1. The summed E-state index contributed by atoms with van der Waals surface area (Å²) in [4.78, 5) is 44.8. The summed E-state index contributed by atoms with van der Waals surface area (Å²) in [5, 5.41) is 16.6. The molecule has 0 aliphatic rings. The third kappa shape index (κ3) is 20.8. The van der Waals surface area contributed by atoms with Crippen LogP contribution in [0.5, 0.6) is 0 Å². The van der Waals surface area contributed by atoms with Crippen LogP contribution in [-0.2, 0) is 35.7 Å². The van der Waals surface area contributed by atoms with Crippen LogP contribution in [0.3, 0.4) is 0 Å². The molecular weight excluding hydrogens is 409 g/mol. The molecule has 9 heteroatoms. The number of rotatable bonds is 13. The molecule has 8 nitrogen and oxygen atoms in total. The molecule has 0 radical (unpaired) electrons. The van der Waals surface area contributed by atoms with Crippen LogP contribution < -0.4 is 16.0 Å². The van der Waals surface area contributed by atoms with Gasteiger partial charge in [0.2, 0.25) is 11.8 Å². The summed E-state index contributed by atoms with van der Waals surface area (Å²) in [6.07, 6.45) is 2.05. The Labute approximate surface area is 180 Å². The Morgan fingerprint density at radius 1 is 1.00 bits per heavy atom. The molecule has 0 saturated carbocycles. The fraction of sp³-hybridized carbons (Fsp3) is 0.579. The summed E-state index contributed by atoms with van der Waals surface area (Å²) in [7, 11) is 1.74. The molecule has 0 aromatic heterocycles. The Bertz CT molecular complexity index is 447. The number of amides is 2. The van der Waals surface area contributed by atoms with Crippen molar-refractivity contribution in [2.45, 2.75) is 57.5 Å². The number of nitrogens with one attached hydrogen (secondary N) is 3. The number of carbonyl (C=O) groups is 4. The zero-order chi connectivity index (χ0) is 18.5. The van der Waals surface area contributed by atoms with E-state index < -0.39 is 17.9 Å². The Balaban J connectivity index is -0.000000441. The van der Waals surface area contributed by atoms with E-state index in [4.69, 9.17) is 5.11 Å². The summed E-state index contributed by atoms with van der Waals surface area (Å²) in [5.41, 5.74) is 0. The number of carbonyl (C=O) groups excluding carboxylic acids is 3. The number of carboxylic acid groups (broad SMARTS) is 1. The van der Waals surface area contributed by atoms with Crippen molar-refractivity contribution in [1.29, 1.82) is 0 Å². The number of carboxylic acids is 1. The van der Waals surface area contributed by atoms with Gasteiger partial charge in [0.1, 0.15) is 5.78 Å². The molecule has 2 atom stereocenters. The van der Waals surface area contributed by atoms with Gasteiger partial charge < -0.3 is 50.3 Å². The molecule has 0 bridgehead atoms. The molecule has 0 aromatic rings. The van der Waals surface area contributed by atoms with E-state index in [1.807, 2.05) is 0 Å². The predicted molar refractivity (Wildman–Crippen MR) is 108 cm³/mol. The molecular formula is C19H37N3NiO5-4. The van der Waals surface area contributed by atoms with E-state index in [1.165, 1.54) is 0 Å². The van der Waals surface area contributed by atoms with Crippen molar-refractivity contribution in [2.75, 3.05) is 13.6 Å². The van der Waals surface area contributed by atoms with Gasteiger partial charge in [-0.3, -0.25) is 19.2 Å². The third-order valence-corrected chi connectivity index (χ3v) is 3.45. The van der Waals surface area contributed by atoms with Crippen LogP contribution >= 0.6 is 0 Å². The van der Waals surface area contributed by atoms with Gasteiger partial charge in [0.05, 0.1) is 6.04 Å². The molecule has 0 heterocycles. The molecule has 0 unspecified atom stereocenters. The van der Waals surface area contributed by atoms with Crippen LogP contribution in [0, 0.1) is 29.2 Å². The van der Waals surface area contributed by atoms with Crippen LogP contribution in [-0.4, -0.2) is 54.3 Å². The van der Waals surface area contributed by atoms with Crippen molar-refractivity contribution in [2.24, 2.45) is 0 Å². The molecule has 0 aliphatic heterocycles. The molecule has 0 spiro atoms. The van der Waals surface area contributed by atoms with Gasteiger partial charge in [-0.2, -0.15) is 0 Å². The van der Waals surface area contributed by atoms with Gasteiger partial charge in [-0.15, -0.1) is 0 Å². The Morgan fingerprint density at radius 2 is 1.54 bits per heavy atom. The van der Waals surface area contributed by atoms with Crippen LogP contribution in [0.4, 0.5) is 0 Å². The summed E-state index contributed by atoms with van der Waals surface area (Å²) in [6.45, 7) is 5.54. The molecule has 0 saturated heterocycles. The smallest absolute Gasteiger partial charge is 0.302 e. The normalized spacial score (nSPS) is 11.1. The predicted octanol–water partition coefficient (Wildman–Crippen LogP) is 1.37. The zero-order valence-electron chi connectivity index (χ0n) is 17.7. The quantitative estimate of drug-likeness (QED) is 0.193. The van der Waals surface area contributed by atoms with Crippen LogP contribution in [0.15, 0.2) is 0 Å². The summed E-state index contributed by atoms with van der Waals surface area (Å²) in [6, 6.07) is -0.856. The Hall–Kier alpha value is -1.47. The minimum Gasteiger partial charge on any atom is -0.481 e. The van der Waals surface area contributed by atoms with Crippen molar-refractivity contribution in [3.05, 3.63) is 29.2 Å². The average Bonchev–Trinajstić information content (AvgIpc) is 2.47. The van der Waals surface area contributed by atoms with Crippen LogP contribution in [0.25, 0.3) is 0 Å². The molecule has 0 fully saturated rings. The average molecular weight is 446 g/mol. The molecule has 28 heavy (non-hydrogen) atoms. The molecule has 172 valence electrons. The van der Waals surface area contributed by atoms with Gasteiger partial charge in [0.25, 0.3) is 0 Å². The number of hydrogen-bond acceptors (Lipinski definition) is 5. The second-order valence-electron chi connectivity index (χ2n) is 5.66. The van der Waals surface area contributed by atoms with E-state index in [0.717, 1.165) is 19.3 Å². The van der Waals surface area contributed by atoms with Gasteiger partial charge in [0, 0.05) is 42.3 Å². The van der Waals surface area contributed by atoms with Gasteiger partial charge in [-0.1, -0.05) is 6.04 Å². The van der Waals surface area contributed by atoms with Crippen molar-refractivity contribution < 1.29 is 40.8 Å². The molecule has 4 N–H and O–H groups in total. The van der Waals surface area contributed by atoms with Gasteiger partial charge in [0.15, 0.2) is 0 Å².